The molecule has 0 atom stereocenters. The molecule has 1 aromatic carbocycles. The minimum absolute atomic E-state index is 0.866. The largest absolute Gasteiger partial charge is 0.493 e. The minimum Gasteiger partial charge on any atom is -0.493 e. The summed E-state index contributed by atoms with van der Waals surface area (Å²) in [5.41, 5.74) is 2.69. The molecule has 0 aromatic heterocycles. The zero-order valence-corrected chi connectivity index (χ0v) is 10.8. The van der Waals surface area contributed by atoms with Gasteiger partial charge in [0.15, 0.2) is 0 Å². The average molecular weight is 231 g/mol. The molecule has 1 heterocycles. The van der Waals surface area contributed by atoms with Crippen LogP contribution in [-0.4, -0.2) is 25.1 Å². The molecule has 0 aliphatic carbocycles. The van der Waals surface area contributed by atoms with Gasteiger partial charge in [0.2, 0.25) is 0 Å². The van der Waals surface area contributed by atoms with Crippen LogP contribution in [0, 0.1) is 0 Å². The van der Waals surface area contributed by atoms with Crippen LogP contribution in [0.2, 0.25) is 0 Å². The van der Waals surface area contributed by atoms with Gasteiger partial charge in [-0.3, -0.25) is 4.90 Å². The van der Waals surface area contributed by atoms with Gasteiger partial charge in [-0.2, -0.15) is 0 Å². The molecule has 92 valence electrons. The first kappa shape index (κ1) is 12.2. The summed E-state index contributed by atoms with van der Waals surface area (Å²) in [5, 5.41) is 0. The Morgan fingerprint density at radius 1 is 1.41 bits per heavy atom. The predicted octanol–water partition coefficient (Wildman–Crippen LogP) is 3.02. The lowest BCUT2D eigenvalue weighted by molar-refractivity contribution is 0.287. The van der Waals surface area contributed by atoms with Gasteiger partial charge in [-0.1, -0.05) is 24.3 Å². The highest BCUT2D eigenvalue weighted by Crippen LogP contribution is 2.26. The van der Waals surface area contributed by atoms with E-state index >= 15 is 0 Å². The molecule has 1 aliphatic heterocycles. The van der Waals surface area contributed by atoms with Crippen LogP contribution in [0.5, 0.6) is 5.75 Å². The van der Waals surface area contributed by atoms with Gasteiger partial charge < -0.3 is 4.74 Å². The maximum atomic E-state index is 5.69. The van der Waals surface area contributed by atoms with Crippen LogP contribution >= 0.6 is 0 Å². The molecule has 0 unspecified atom stereocenters. The molecule has 1 aliphatic rings. The fourth-order valence-corrected chi connectivity index (χ4v) is 2.14. The second-order valence-electron chi connectivity index (χ2n) is 4.66. The number of hydrogen-bond donors (Lipinski definition) is 0. The third kappa shape index (κ3) is 3.34. The van der Waals surface area contributed by atoms with Gasteiger partial charge in [0.1, 0.15) is 5.75 Å². The Morgan fingerprint density at radius 2 is 2.29 bits per heavy atom. The molecule has 1 aromatic rings. The van der Waals surface area contributed by atoms with Crippen LogP contribution in [0.1, 0.15) is 24.5 Å². The molecule has 0 bridgehead atoms. The fourth-order valence-electron chi connectivity index (χ4n) is 2.14. The van der Waals surface area contributed by atoms with Gasteiger partial charge in [0.05, 0.1) is 6.61 Å². The summed E-state index contributed by atoms with van der Waals surface area (Å²) in [7, 11) is 2.14. The number of nitrogens with zero attached hydrogens (tertiary/aromatic N) is 1. The number of fused-ring (bicyclic) bond motifs is 1. The molecule has 0 saturated carbocycles. The smallest absolute Gasteiger partial charge is 0.122 e. The first-order valence-corrected chi connectivity index (χ1v) is 6.34. The molecule has 0 fully saturated rings. The standard InChI is InChI=1S/C15H21NO/c1-3-4-9-16(2)12-13-7-8-14-6-5-10-17-15(14)11-13/h3-4,7-8,11H,5-6,9-10,12H2,1-2H3/b4-3+. The van der Waals surface area contributed by atoms with Gasteiger partial charge >= 0.3 is 0 Å². The SMILES string of the molecule is C/C=C/CN(C)Cc1ccc2c(c1)OCCC2. The van der Waals surface area contributed by atoms with Crippen molar-refractivity contribution < 1.29 is 4.74 Å². The number of rotatable bonds is 4. The second kappa shape index (κ2) is 5.87. The van der Waals surface area contributed by atoms with Crippen LogP contribution in [0.4, 0.5) is 0 Å². The first-order chi connectivity index (χ1) is 8.29. The highest BCUT2D eigenvalue weighted by atomic mass is 16.5. The Hall–Kier alpha value is -1.28. The Labute approximate surface area is 104 Å². The monoisotopic (exact) mass is 231 g/mol. The van der Waals surface area contributed by atoms with Crippen LogP contribution < -0.4 is 4.74 Å². The highest BCUT2D eigenvalue weighted by Gasteiger charge is 2.10. The first-order valence-electron chi connectivity index (χ1n) is 6.34. The summed E-state index contributed by atoms with van der Waals surface area (Å²) >= 11 is 0. The van der Waals surface area contributed by atoms with Crippen LogP contribution in [-0.2, 0) is 13.0 Å². The molecule has 0 radical (unpaired) electrons. The van der Waals surface area contributed by atoms with Crippen LogP contribution in [0.3, 0.4) is 0 Å². The van der Waals surface area contributed by atoms with E-state index in [9.17, 15) is 0 Å². The topological polar surface area (TPSA) is 12.5 Å². The number of aryl methyl sites for hydroxylation is 1. The maximum Gasteiger partial charge on any atom is 0.122 e. The van der Waals surface area contributed by atoms with Gasteiger partial charge in [0, 0.05) is 13.1 Å². The van der Waals surface area contributed by atoms with E-state index in [0.717, 1.165) is 38.3 Å². The Morgan fingerprint density at radius 3 is 3.12 bits per heavy atom. The van der Waals surface area contributed by atoms with Gasteiger partial charge in [-0.05, 0) is 44.0 Å². The molecule has 0 spiro atoms. The number of ether oxygens (including phenoxy) is 1. The van der Waals surface area contributed by atoms with Gasteiger partial charge in [-0.25, -0.2) is 0 Å². The van der Waals surface area contributed by atoms with Crippen molar-refractivity contribution >= 4 is 0 Å². The lowest BCUT2D eigenvalue weighted by Gasteiger charge is -2.20. The Bertz CT molecular complexity index is 398. The number of allylic oxidation sites excluding steroid dienone is 1. The van der Waals surface area contributed by atoms with Crippen molar-refractivity contribution in [3.63, 3.8) is 0 Å². The summed E-state index contributed by atoms with van der Waals surface area (Å²) in [6.07, 6.45) is 6.57. The van der Waals surface area contributed by atoms with Crippen molar-refractivity contribution in [1.29, 1.82) is 0 Å². The normalized spacial score (nSPS) is 15.0. The van der Waals surface area contributed by atoms with E-state index < -0.39 is 0 Å². The third-order valence-electron chi connectivity index (χ3n) is 3.08. The molecule has 2 heteroatoms. The quantitative estimate of drug-likeness (QED) is 0.739. The Kier molecular flexibility index (Phi) is 4.21. The van der Waals surface area contributed by atoms with Crippen LogP contribution in [0.25, 0.3) is 0 Å². The maximum absolute atomic E-state index is 5.69. The predicted molar refractivity (Wildman–Crippen MR) is 71.4 cm³/mol. The summed E-state index contributed by atoms with van der Waals surface area (Å²) in [4.78, 5) is 2.30. The fraction of sp³-hybridized carbons (Fsp3) is 0.467. The molecular weight excluding hydrogens is 210 g/mol. The molecule has 0 amide bonds. The highest BCUT2D eigenvalue weighted by molar-refractivity contribution is 5.38. The van der Waals surface area contributed by atoms with Crippen molar-refractivity contribution in [2.24, 2.45) is 0 Å². The molecule has 2 rings (SSSR count). The minimum atomic E-state index is 0.866. The molecule has 2 nitrogen and oxygen atoms in total. The van der Waals surface area contributed by atoms with E-state index in [1.54, 1.807) is 0 Å². The molecule has 17 heavy (non-hydrogen) atoms. The van der Waals surface area contributed by atoms with Crippen molar-refractivity contribution in [2.75, 3.05) is 20.2 Å². The Balaban J connectivity index is 2.01. The molecule has 0 N–H and O–H groups in total. The average Bonchev–Trinajstić information content (AvgIpc) is 2.36. The molecule has 0 saturated heterocycles. The zero-order chi connectivity index (χ0) is 12.1. The summed E-state index contributed by atoms with van der Waals surface area (Å²) in [5.74, 6) is 1.09. The van der Waals surface area contributed by atoms with E-state index in [2.05, 4.69) is 49.2 Å². The number of likely N-dealkylation sites (N-methyl/N-ethyl adjacent to an activating group) is 1. The van der Waals surface area contributed by atoms with E-state index in [-0.39, 0.29) is 0 Å². The zero-order valence-electron chi connectivity index (χ0n) is 10.8. The van der Waals surface area contributed by atoms with Crippen LogP contribution in [0.15, 0.2) is 30.4 Å². The summed E-state index contributed by atoms with van der Waals surface area (Å²) in [6, 6.07) is 6.63. The van der Waals surface area contributed by atoms with E-state index in [1.165, 1.54) is 11.1 Å². The van der Waals surface area contributed by atoms with Crippen molar-refractivity contribution in [1.82, 2.24) is 4.90 Å². The summed E-state index contributed by atoms with van der Waals surface area (Å²) in [6.45, 7) is 4.89. The lowest BCUT2D eigenvalue weighted by atomic mass is 10.0. The van der Waals surface area contributed by atoms with E-state index in [1.807, 2.05) is 0 Å². The second-order valence-corrected chi connectivity index (χ2v) is 4.66. The van der Waals surface area contributed by atoms with Crippen molar-refractivity contribution in [3.8, 4) is 5.75 Å². The molecular formula is C15H21NO. The van der Waals surface area contributed by atoms with E-state index in [0.29, 0.717) is 0 Å². The number of hydrogen-bond acceptors (Lipinski definition) is 2. The van der Waals surface area contributed by atoms with Crippen molar-refractivity contribution in [2.45, 2.75) is 26.3 Å². The lowest BCUT2D eigenvalue weighted by Crippen LogP contribution is -2.18. The van der Waals surface area contributed by atoms with Crippen molar-refractivity contribution in [3.05, 3.63) is 41.5 Å². The summed E-state index contributed by atoms with van der Waals surface area (Å²) < 4.78 is 5.69. The van der Waals surface area contributed by atoms with Gasteiger partial charge in [-0.15, -0.1) is 0 Å². The third-order valence-corrected chi connectivity index (χ3v) is 3.08. The van der Waals surface area contributed by atoms with E-state index in [4.69, 9.17) is 4.74 Å². The van der Waals surface area contributed by atoms with Gasteiger partial charge in [0.25, 0.3) is 0 Å². The number of benzene rings is 1.